The van der Waals surface area contributed by atoms with Crippen molar-refractivity contribution in [2.24, 2.45) is 0 Å². The van der Waals surface area contributed by atoms with E-state index in [1.165, 1.54) is 4.90 Å². The number of hydrogen-bond acceptors (Lipinski definition) is 2. The molecule has 0 spiro atoms. The molecule has 0 aliphatic heterocycles. The third-order valence-electron chi connectivity index (χ3n) is 2.05. The third kappa shape index (κ3) is 3.77. The molecule has 0 bridgehead atoms. The molecule has 1 aromatic carbocycles. The van der Waals surface area contributed by atoms with Gasteiger partial charge in [0.05, 0.1) is 6.61 Å². The second kappa shape index (κ2) is 5.95. The van der Waals surface area contributed by atoms with E-state index in [4.69, 9.17) is 4.74 Å². The molecule has 0 saturated carbocycles. The molecule has 86 valence electrons. The van der Waals surface area contributed by atoms with Gasteiger partial charge in [-0.05, 0) is 30.7 Å². The number of amides is 1. The van der Waals surface area contributed by atoms with Crippen molar-refractivity contribution in [3.63, 3.8) is 0 Å². The van der Waals surface area contributed by atoms with E-state index in [1.807, 2.05) is 31.2 Å². The van der Waals surface area contributed by atoms with E-state index in [2.05, 4.69) is 0 Å². The zero-order valence-corrected chi connectivity index (χ0v) is 9.93. The molecular weight excluding hydrogens is 202 g/mol. The quantitative estimate of drug-likeness (QED) is 0.726. The first-order valence-electron chi connectivity index (χ1n) is 5.25. The minimum atomic E-state index is -0.0196. The first-order valence-corrected chi connectivity index (χ1v) is 5.25. The van der Waals surface area contributed by atoms with Crippen LogP contribution in [0.5, 0.6) is 5.75 Å². The summed E-state index contributed by atoms with van der Waals surface area (Å²) in [6, 6.07) is 7.63. The van der Waals surface area contributed by atoms with E-state index < -0.39 is 0 Å². The highest BCUT2D eigenvalue weighted by molar-refractivity contribution is 5.91. The molecule has 0 aromatic heterocycles. The lowest BCUT2D eigenvalue weighted by Gasteiger charge is -2.05. The summed E-state index contributed by atoms with van der Waals surface area (Å²) in [6.45, 7) is 2.61. The Bertz CT molecular complexity index is 366. The van der Waals surface area contributed by atoms with Crippen LogP contribution < -0.4 is 4.74 Å². The highest BCUT2D eigenvalue weighted by atomic mass is 16.5. The van der Waals surface area contributed by atoms with Gasteiger partial charge in [-0.2, -0.15) is 0 Å². The van der Waals surface area contributed by atoms with E-state index in [1.54, 1.807) is 26.2 Å². The topological polar surface area (TPSA) is 29.5 Å². The van der Waals surface area contributed by atoms with Crippen molar-refractivity contribution in [3.05, 3.63) is 35.9 Å². The van der Waals surface area contributed by atoms with Gasteiger partial charge in [-0.3, -0.25) is 4.79 Å². The number of carbonyl (C=O) groups is 1. The average molecular weight is 219 g/mol. The smallest absolute Gasteiger partial charge is 0.246 e. The summed E-state index contributed by atoms with van der Waals surface area (Å²) >= 11 is 0. The van der Waals surface area contributed by atoms with Gasteiger partial charge in [0.25, 0.3) is 0 Å². The van der Waals surface area contributed by atoms with Crippen LogP contribution in [0.15, 0.2) is 30.3 Å². The fraction of sp³-hybridized carbons (Fsp3) is 0.308. The second-order valence-corrected chi connectivity index (χ2v) is 3.57. The maximum Gasteiger partial charge on any atom is 0.246 e. The molecule has 0 radical (unpaired) electrons. The molecule has 0 fully saturated rings. The molecule has 0 aliphatic carbocycles. The summed E-state index contributed by atoms with van der Waals surface area (Å²) in [4.78, 5) is 12.8. The van der Waals surface area contributed by atoms with Crippen LogP contribution in [0.1, 0.15) is 12.5 Å². The SMILES string of the molecule is CCOc1ccc(/C=C/C(=O)N(C)C)cc1. The van der Waals surface area contributed by atoms with Crippen molar-refractivity contribution >= 4 is 12.0 Å². The van der Waals surface area contributed by atoms with Crippen LogP contribution in [-0.4, -0.2) is 31.5 Å². The maximum absolute atomic E-state index is 11.3. The molecule has 0 unspecified atom stereocenters. The lowest BCUT2D eigenvalue weighted by molar-refractivity contribution is -0.123. The van der Waals surface area contributed by atoms with Crippen molar-refractivity contribution in [2.45, 2.75) is 6.92 Å². The summed E-state index contributed by atoms with van der Waals surface area (Å²) in [5.74, 6) is 0.826. The first kappa shape index (κ1) is 12.3. The highest BCUT2D eigenvalue weighted by Gasteiger charge is 1.97. The largest absolute Gasteiger partial charge is 0.494 e. The van der Waals surface area contributed by atoms with Crippen LogP contribution >= 0.6 is 0 Å². The van der Waals surface area contributed by atoms with Crippen molar-refractivity contribution in [2.75, 3.05) is 20.7 Å². The van der Waals surface area contributed by atoms with Crippen LogP contribution in [-0.2, 0) is 4.79 Å². The lowest BCUT2D eigenvalue weighted by Crippen LogP contribution is -2.18. The Morgan fingerprint density at radius 1 is 1.31 bits per heavy atom. The number of likely N-dealkylation sites (N-methyl/N-ethyl adjacent to an activating group) is 1. The molecule has 1 aromatic rings. The Hall–Kier alpha value is -1.77. The van der Waals surface area contributed by atoms with Crippen LogP contribution in [0.4, 0.5) is 0 Å². The van der Waals surface area contributed by atoms with Crippen molar-refractivity contribution in [1.29, 1.82) is 0 Å². The normalized spacial score (nSPS) is 10.4. The molecule has 1 amide bonds. The monoisotopic (exact) mass is 219 g/mol. The average Bonchev–Trinajstić information content (AvgIpc) is 2.28. The molecule has 0 aliphatic rings. The van der Waals surface area contributed by atoms with Gasteiger partial charge < -0.3 is 9.64 Å². The Balaban J connectivity index is 2.65. The lowest BCUT2D eigenvalue weighted by atomic mass is 10.2. The molecule has 0 heterocycles. The van der Waals surface area contributed by atoms with Crippen molar-refractivity contribution in [1.82, 2.24) is 4.90 Å². The number of nitrogens with zero attached hydrogens (tertiary/aromatic N) is 1. The van der Waals surface area contributed by atoms with Crippen molar-refractivity contribution < 1.29 is 9.53 Å². The minimum Gasteiger partial charge on any atom is -0.494 e. The van der Waals surface area contributed by atoms with E-state index in [0.717, 1.165) is 11.3 Å². The van der Waals surface area contributed by atoms with Crippen LogP contribution in [0, 0.1) is 0 Å². The number of rotatable bonds is 4. The summed E-state index contributed by atoms with van der Waals surface area (Å²) in [5.41, 5.74) is 0.985. The van der Waals surface area contributed by atoms with Crippen LogP contribution in [0.3, 0.4) is 0 Å². The molecule has 0 atom stereocenters. The molecule has 0 N–H and O–H groups in total. The Kier molecular flexibility index (Phi) is 4.58. The number of carbonyl (C=O) groups excluding carboxylic acids is 1. The molecule has 1 rings (SSSR count). The predicted molar refractivity (Wildman–Crippen MR) is 65.3 cm³/mol. The van der Waals surface area contributed by atoms with Crippen LogP contribution in [0.25, 0.3) is 6.08 Å². The highest BCUT2D eigenvalue weighted by Crippen LogP contribution is 2.12. The molecular formula is C13H17NO2. The Morgan fingerprint density at radius 2 is 1.94 bits per heavy atom. The predicted octanol–water partition coefficient (Wildman–Crippen LogP) is 2.19. The van der Waals surface area contributed by atoms with E-state index in [-0.39, 0.29) is 5.91 Å². The van der Waals surface area contributed by atoms with Crippen LogP contribution in [0.2, 0.25) is 0 Å². The summed E-state index contributed by atoms with van der Waals surface area (Å²) in [5, 5.41) is 0. The maximum atomic E-state index is 11.3. The standard InChI is InChI=1S/C13H17NO2/c1-4-16-12-8-5-11(6-9-12)7-10-13(15)14(2)3/h5-10H,4H2,1-3H3/b10-7+. The minimum absolute atomic E-state index is 0.0196. The number of benzene rings is 1. The van der Waals surface area contributed by atoms with Gasteiger partial charge in [-0.25, -0.2) is 0 Å². The third-order valence-corrected chi connectivity index (χ3v) is 2.05. The number of hydrogen-bond donors (Lipinski definition) is 0. The molecule has 16 heavy (non-hydrogen) atoms. The van der Waals surface area contributed by atoms with Gasteiger partial charge in [-0.1, -0.05) is 12.1 Å². The van der Waals surface area contributed by atoms with Gasteiger partial charge in [-0.15, -0.1) is 0 Å². The molecule has 3 heteroatoms. The Morgan fingerprint density at radius 3 is 2.44 bits per heavy atom. The fourth-order valence-corrected chi connectivity index (χ4v) is 1.16. The van der Waals surface area contributed by atoms with Crippen molar-refractivity contribution in [3.8, 4) is 5.75 Å². The first-order chi connectivity index (χ1) is 7.63. The summed E-state index contributed by atoms with van der Waals surface area (Å²) < 4.78 is 5.33. The molecule has 0 saturated heterocycles. The number of ether oxygens (including phenoxy) is 1. The van der Waals surface area contributed by atoms with Gasteiger partial charge in [0, 0.05) is 20.2 Å². The van der Waals surface area contributed by atoms with Gasteiger partial charge >= 0.3 is 0 Å². The second-order valence-electron chi connectivity index (χ2n) is 3.57. The van der Waals surface area contributed by atoms with Gasteiger partial charge in [0.2, 0.25) is 5.91 Å². The zero-order valence-electron chi connectivity index (χ0n) is 9.93. The van der Waals surface area contributed by atoms with Gasteiger partial charge in [0.1, 0.15) is 5.75 Å². The van der Waals surface area contributed by atoms with Gasteiger partial charge in [0.15, 0.2) is 0 Å². The zero-order chi connectivity index (χ0) is 12.0. The van der Waals surface area contributed by atoms with E-state index in [9.17, 15) is 4.79 Å². The summed E-state index contributed by atoms with van der Waals surface area (Å²) in [6.07, 6.45) is 3.34. The van der Waals surface area contributed by atoms with E-state index >= 15 is 0 Å². The summed E-state index contributed by atoms with van der Waals surface area (Å²) in [7, 11) is 3.45. The Labute approximate surface area is 96.3 Å². The fourth-order valence-electron chi connectivity index (χ4n) is 1.16. The van der Waals surface area contributed by atoms with E-state index in [0.29, 0.717) is 6.61 Å². The molecule has 3 nitrogen and oxygen atoms in total.